The number of benzene rings is 1. The van der Waals surface area contributed by atoms with Gasteiger partial charge in [-0.05, 0) is 47.9 Å². The Morgan fingerprint density at radius 1 is 1.03 bits per heavy atom. The van der Waals surface area contributed by atoms with E-state index in [9.17, 15) is 9.59 Å². The van der Waals surface area contributed by atoms with Crippen LogP contribution in [0.2, 0.25) is 0 Å². The van der Waals surface area contributed by atoms with Crippen LogP contribution in [0, 0.1) is 5.41 Å². The van der Waals surface area contributed by atoms with E-state index in [1.54, 1.807) is 0 Å². The summed E-state index contributed by atoms with van der Waals surface area (Å²) >= 11 is 0. The molecule has 0 spiro atoms. The van der Waals surface area contributed by atoms with Gasteiger partial charge in [-0.2, -0.15) is 0 Å². The molecular formula is C26H25NO4. The first-order valence-electron chi connectivity index (χ1n) is 11.1. The number of carbonyl (C=O) groups is 2. The average Bonchev–Trinajstić information content (AvgIpc) is 3.05. The van der Waals surface area contributed by atoms with Crippen molar-refractivity contribution in [3.8, 4) is 11.5 Å². The highest BCUT2D eigenvalue weighted by molar-refractivity contribution is 6.18. The highest BCUT2D eigenvalue weighted by Crippen LogP contribution is 2.53. The second kappa shape index (κ2) is 6.46. The van der Waals surface area contributed by atoms with Crippen LogP contribution >= 0.6 is 0 Å². The van der Waals surface area contributed by atoms with Crippen LogP contribution in [0.5, 0.6) is 11.5 Å². The van der Waals surface area contributed by atoms with Gasteiger partial charge in [0.15, 0.2) is 23.1 Å². The van der Waals surface area contributed by atoms with E-state index in [2.05, 4.69) is 25.2 Å². The molecule has 0 saturated carbocycles. The van der Waals surface area contributed by atoms with Gasteiger partial charge < -0.3 is 14.8 Å². The van der Waals surface area contributed by atoms with Crippen LogP contribution in [0.1, 0.15) is 51.0 Å². The van der Waals surface area contributed by atoms with Crippen molar-refractivity contribution in [2.45, 2.75) is 45.4 Å². The maximum atomic E-state index is 13.7. The summed E-state index contributed by atoms with van der Waals surface area (Å²) in [4.78, 5) is 26.8. The van der Waals surface area contributed by atoms with Gasteiger partial charge in [0, 0.05) is 34.8 Å². The van der Waals surface area contributed by atoms with Crippen LogP contribution in [-0.4, -0.2) is 24.8 Å². The summed E-state index contributed by atoms with van der Waals surface area (Å²) in [6.45, 7) is 5.40. The van der Waals surface area contributed by atoms with Crippen molar-refractivity contribution in [3.05, 3.63) is 69.6 Å². The quantitative estimate of drug-likeness (QED) is 0.742. The molecule has 31 heavy (non-hydrogen) atoms. The monoisotopic (exact) mass is 415 g/mol. The van der Waals surface area contributed by atoms with Crippen LogP contribution < -0.4 is 14.8 Å². The number of hydrogen-bond donors (Lipinski definition) is 1. The third-order valence-electron chi connectivity index (χ3n) is 7.08. The molecule has 158 valence electrons. The Balaban J connectivity index is 1.56. The lowest BCUT2D eigenvalue weighted by Gasteiger charge is -2.36. The summed E-state index contributed by atoms with van der Waals surface area (Å²) < 4.78 is 11.5. The summed E-state index contributed by atoms with van der Waals surface area (Å²) in [6.07, 6.45) is 7.13. The fraction of sp³-hybridized carbons (Fsp3) is 0.385. The molecular weight excluding hydrogens is 390 g/mol. The molecule has 0 saturated heterocycles. The molecule has 0 fully saturated rings. The van der Waals surface area contributed by atoms with Gasteiger partial charge in [0.25, 0.3) is 0 Å². The minimum Gasteiger partial charge on any atom is -0.486 e. The summed E-state index contributed by atoms with van der Waals surface area (Å²) in [5, 5.41) is 3.56. The minimum absolute atomic E-state index is 0.0336. The number of Topliss-reactive ketones (excluding diaryl/α,β-unsaturated/α-hetero) is 2. The van der Waals surface area contributed by atoms with Gasteiger partial charge >= 0.3 is 0 Å². The number of ether oxygens (including phenoxy) is 2. The van der Waals surface area contributed by atoms with E-state index in [1.807, 2.05) is 24.3 Å². The average molecular weight is 415 g/mol. The fourth-order valence-corrected chi connectivity index (χ4v) is 5.68. The predicted molar refractivity (Wildman–Crippen MR) is 116 cm³/mol. The van der Waals surface area contributed by atoms with E-state index in [1.165, 1.54) is 0 Å². The van der Waals surface area contributed by atoms with Gasteiger partial charge in [0.1, 0.15) is 13.2 Å². The first-order valence-corrected chi connectivity index (χ1v) is 11.1. The number of rotatable bonds is 1. The second-order valence-electron chi connectivity index (χ2n) is 9.53. The summed E-state index contributed by atoms with van der Waals surface area (Å²) in [6, 6.07) is 5.83. The molecule has 6 rings (SSSR count). The molecule has 3 aliphatic carbocycles. The maximum Gasteiger partial charge on any atom is 0.192 e. The van der Waals surface area contributed by atoms with Crippen LogP contribution in [0.3, 0.4) is 0 Å². The van der Waals surface area contributed by atoms with E-state index in [-0.39, 0.29) is 22.9 Å². The topological polar surface area (TPSA) is 64.6 Å². The fourth-order valence-electron chi connectivity index (χ4n) is 5.68. The number of ketones is 2. The Morgan fingerprint density at radius 3 is 2.68 bits per heavy atom. The Bertz CT molecular complexity index is 1180. The van der Waals surface area contributed by atoms with E-state index in [0.29, 0.717) is 36.7 Å². The smallest absolute Gasteiger partial charge is 0.192 e. The molecule has 1 atom stereocenters. The number of allylic oxidation sites excluding steroid dienone is 7. The standard InChI is InChI=1S/C26H25NO4/c1-26(2)10-4-5-15-23(26)24-22(25(15)29)20(21-16(27-24)6-3-7-17(21)28)14-8-9-18-19(13-14)31-12-11-30-18/h4-5,8-9,13,20,27H,3,6-7,10-12H2,1-2H3. The third kappa shape index (κ3) is 2.62. The zero-order chi connectivity index (χ0) is 21.3. The molecule has 1 aromatic rings. The van der Waals surface area contributed by atoms with E-state index < -0.39 is 0 Å². The van der Waals surface area contributed by atoms with Gasteiger partial charge in [-0.1, -0.05) is 32.1 Å². The van der Waals surface area contributed by atoms with E-state index in [4.69, 9.17) is 9.47 Å². The van der Waals surface area contributed by atoms with Gasteiger partial charge in [0.05, 0.1) is 5.70 Å². The lowest BCUT2D eigenvalue weighted by molar-refractivity contribution is -0.116. The molecule has 1 unspecified atom stereocenters. The first-order chi connectivity index (χ1) is 15.0. The summed E-state index contributed by atoms with van der Waals surface area (Å²) in [5.41, 5.74) is 5.97. The van der Waals surface area contributed by atoms with Crippen molar-refractivity contribution < 1.29 is 19.1 Å². The molecule has 2 heterocycles. The van der Waals surface area contributed by atoms with Crippen molar-refractivity contribution >= 4 is 11.6 Å². The Labute approximate surface area is 181 Å². The third-order valence-corrected chi connectivity index (χ3v) is 7.08. The maximum absolute atomic E-state index is 13.7. The molecule has 0 amide bonds. The highest BCUT2D eigenvalue weighted by Gasteiger charge is 2.48. The normalized spacial score (nSPS) is 25.9. The number of fused-ring (bicyclic) bond motifs is 2. The van der Waals surface area contributed by atoms with Gasteiger partial charge in [0.2, 0.25) is 0 Å². The molecule has 1 aromatic carbocycles. The van der Waals surface area contributed by atoms with Crippen LogP contribution in [0.25, 0.3) is 0 Å². The number of dihydropyridines is 1. The molecule has 2 aliphatic heterocycles. The van der Waals surface area contributed by atoms with Crippen LogP contribution in [-0.2, 0) is 9.59 Å². The zero-order valence-electron chi connectivity index (χ0n) is 17.8. The zero-order valence-corrected chi connectivity index (χ0v) is 17.8. The first kappa shape index (κ1) is 18.7. The molecule has 0 bridgehead atoms. The Kier molecular flexibility index (Phi) is 3.89. The lowest BCUT2D eigenvalue weighted by atomic mass is 9.73. The van der Waals surface area contributed by atoms with Crippen molar-refractivity contribution in [1.29, 1.82) is 0 Å². The van der Waals surface area contributed by atoms with E-state index in [0.717, 1.165) is 52.9 Å². The predicted octanol–water partition coefficient (Wildman–Crippen LogP) is 4.27. The van der Waals surface area contributed by atoms with Crippen LogP contribution in [0.4, 0.5) is 0 Å². The largest absolute Gasteiger partial charge is 0.486 e. The Morgan fingerprint density at radius 2 is 1.84 bits per heavy atom. The lowest BCUT2D eigenvalue weighted by Crippen LogP contribution is -2.34. The number of hydrogen-bond acceptors (Lipinski definition) is 5. The molecule has 1 N–H and O–H groups in total. The minimum atomic E-state index is -0.378. The van der Waals surface area contributed by atoms with Crippen molar-refractivity contribution in [2.24, 2.45) is 5.41 Å². The van der Waals surface area contributed by atoms with Gasteiger partial charge in [-0.15, -0.1) is 0 Å². The second-order valence-corrected chi connectivity index (χ2v) is 9.53. The number of nitrogens with one attached hydrogen (secondary N) is 1. The number of carbonyl (C=O) groups excluding carboxylic acids is 2. The molecule has 0 aromatic heterocycles. The molecule has 5 nitrogen and oxygen atoms in total. The SMILES string of the molecule is CC1(C)CC=CC2=C1C1=C(C2=O)C(c2ccc3c(c2)OCCO3)C2=C(CCCC2=O)N1. The van der Waals surface area contributed by atoms with Crippen LogP contribution in [0.15, 0.2) is 64.0 Å². The van der Waals surface area contributed by atoms with Crippen molar-refractivity contribution in [2.75, 3.05) is 13.2 Å². The van der Waals surface area contributed by atoms with E-state index >= 15 is 0 Å². The van der Waals surface area contributed by atoms with Crippen molar-refractivity contribution in [3.63, 3.8) is 0 Å². The van der Waals surface area contributed by atoms with Gasteiger partial charge in [-0.25, -0.2) is 0 Å². The molecule has 5 aliphatic rings. The summed E-state index contributed by atoms with van der Waals surface area (Å²) in [7, 11) is 0. The highest BCUT2D eigenvalue weighted by atomic mass is 16.6. The van der Waals surface area contributed by atoms with Gasteiger partial charge in [-0.3, -0.25) is 9.59 Å². The van der Waals surface area contributed by atoms with Crippen molar-refractivity contribution in [1.82, 2.24) is 5.32 Å². The Hall–Kier alpha value is -3.08. The summed E-state index contributed by atoms with van der Waals surface area (Å²) in [5.74, 6) is 1.18. The molecule has 5 heteroatoms. The molecule has 0 radical (unpaired) electrons.